The Balaban J connectivity index is 1.61. The first kappa shape index (κ1) is 23.1. The summed E-state index contributed by atoms with van der Waals surface area (Å²) in [5.74, 6) is -1.68. The summed E-state index contributed by atoms with van der Waals surface area (Å²) in [7, 11) is -3.98. The maximum absolute atomic E-state index is 13.1. The highest BCUT2D eigenvalue weighted by molar-refractivity contribution is 7.89. The zero-order chi connectivity index (χ0) is 24.0. The molecule has 1 aliphatic rings. The normalized spacial score (nSPS) is 19.8. The van der Waals surface area contributed by atoms with Gasteiger partial charge in [0.25, 0.3) is 0 Å². The molecular weight excluding hydrogens is 463 g/mol. The van der Waals surface area contributed by atoms with Crippen LogP contribution in [0.1, 0.15) is 18.7 Å². The first-order valence-electron chi connectivity index (χ1n) is 9.99. The number of nitrogens with zero attached hydrogens (tertiary/aromatic N) is 3. The highest BCUT2D eigenvalue weighted by Crippen LogP contribution is 2.35. The van der Waals surface area contributed by atoms with Crippen LogP contribution in [-0.2, 0) is 21.2 Å². The number of para-hydroxylation sites is 1. The van der Waals surface area contributed by atoms with E-state index in [1.165, 1.54) is 4.31 Å². The van der Waals surface area contributed by atoms with Gasteiger partial charge < -0.3 is 9.84 Å². The molecule has 8 nitrogen and oxygen atoms in total. The van der Waals surface area contributed by atoms with Crippen LogP contribution in [0, 0.1) is 5.92 Å². The molecule has 1 aliphatic heterocycles. The van der Waals surface area contributed by atoms with Crippen molar-refractivity contribution in [3.63, 3.8) is 0 Å². The summed E-state index contributed by atoms with van der Waals surface area (Å²) < 4.78 is 70.1. The van der Waals surface area contributed by atoms with Crippen molar-refractivity contribution < 1.29 is 36.2 Å². The molecule has 0 aliphatic carbocycles. The molecule has 0 saturated carbocycles. The molecule has 0 amide bonds. The van der Waals surface area contributed by atoms with Gasteiger partial charge in [0.05, 0.1) is 28.6 Å². The summed E-state index contributed by atoms with van der Waals surface area (Å²) in [5, 5.41) is 14.4. The second kappa shape index (κ2) is 8.34. The van der Waals surface area contributed by atoms with Crippen molar-refractivity contribution in [3.8, 4) is 5.75 Å². The van der Waals surface area contributed by atoms with Crippen molar-refractivity contribution in [2.24, 2.45) is 5.92 Å². The molecule has 12 heteroatoms. The van der Waals surface area contributed by atoms with Crippen LogP contribution in [0.25, 0.3) is 10.9 Å². The summed E-state index contributed by atoms with van der Waals surface area (Å²) in [6.07, 6.45) is -5.13. The average molecular weight is 483 g/mol. The Bertz CT molecular complexity index is 1290. The fraction of sp³-hybridized carbons (Fsp3) is 0.333. The van der Waals surface area contributed by atoms with Gasteiger partial charge in [-0.2, -0.15) is 9.40 Å². The van der Waals surface area contributed by atoms with Gasteiger partial charge in [-0.1, -0.05) is 25.1 Å². The lowest BCUT2D eigenvalue weighted by atomic mass is 10.1. The third-order valence-electron chi connectivity index (χ3n) is 5.56. The predicted octanol–water partition coefficient (Wildman–Crippen LogP) is 3.44. The molecule has 1 aromatic heterocycles. The topological polar surface area (TPSA) is 102 Å². The molecule has 176 valence electrons. The Morgan fingerprint density at radius 3 is 2.45 bits per heavy atom. The number of carboxylic acid groups (broad SMARTS) is 1. The third kappa shape index (κ3) is 4.67. The first-order valence-corrected chi connectivity index (χ1v) is 11.4. The van der Waals surface area contributed by atoms with Gasteiger partial charge in [-0.15, -0.1) is 13.2 Å². The van der Waals surface area contributed by atoms with Gasteiger partial charge in [0, 0.05) is 18.5 Å². The van der Waals surface area contributed by atoms with Crippen molar-refractivity contribution in [3.05, 3.63) is 54.2 Å². The van der Waals surface area contributed by atoms with Crippen LogP contribution in [0.4, 0.5) is 13.2 Å². The molecule has 2 atom stereocenters. The summed E-state index contributed by atoms with van der Waals surface area (Å²) in [6.45, 7) is 2.13. The molecule has 4 rings (SSSR count). The number of carboxylic acids is 1. The van der Waals surface area contributed by atoms with Crippen LogP contribution in [0.2, 0.25) is 0 Å². The summed E-state index contributed by atoms with van der Waals surface area (Å²) in [6, 6.07) is 10.9. The van der Waals surface area contributed by atoms with E-state index in [-0.39, 0.29) is 36.4 Å². The molecule has 3 aromatic rings. The van der Waals surface area contributed by atoms with Crippen LogP contribution < -0.4 is 4.74 Å². The molecule has 0 radical (unpaired) electrons. The lowest BCUT2D eigenvalue weighted by Gasteiger charge is -2.18. The van der Waals surface area contributed by atoms with Gasteiger partial charge in [0.1, 0.15) is 5.75 Å². The van der Waals surface area contributed by atoms with Crippen LogP contribution in [0.5, 0.6) is 5.75 Å². The van der Waals surface area contributed by atoms with E-state index >= 15 is 0 Å². The molecular formula is C21H20F3N3O5S. The largest absolute Gasteiger partial charge is 0.573 e. The van der Waals surface area contributed by atoms with E-state index in [0.717, 1.165) is 24.3 Å². The van der Waals surface area contributed by atoms with Crippen LogP contribution in [0.15, 0.2) is 53.4 Å². The number of aliphatic carboxylic acids is 1. The summed E-state index contributed by atoms with van der Waals surface area (Å²) >= 11 is 0. The molecule has 2 heterocycles. The molecule has 2 aromatic carbocycles. The van der Waals surface area contributed by atoms with Gasteiger partial charge >= 0.3 is 12.3 Å². The zero-order valence-electron chi connectivity index (χ0n) is 17.4. The smallest absolute Gasteiger partial charge is 0.481 e. The molecule has 33 heavy (non-hydrogen) atoms. The SMILES string of the molecule is C[C@@H]1CN(S(=O)(=O)c2ccc(OC(F)(F)F)cc2)C[C@@H]1n1nc(CC(=O)O)c2ccccc21. The first-order chi connectivity index (χ1) is 15.5. The predicted molar refractivity (Wildman–Crippen MR) is 111 cm³/mol. The molecule has 0 bridgehead atoms. The Morgan fingerprint density at radius 2 is 1.82 bits per heavy atom. The van der Waals surface area contributed by atoms with Crippen LogP contribution in [-0.4, -0.2) is 53.0 Å². The third-order valence-corrected chi connectivity index (χ3v) is 7.40. The second-order valence-electron chi connectivity index (χ2n) is 7.86. The maximum atomic E-state index is 13.1. The Morgan fingerprint density at radius 1 is 1.15 bits per heavy atom. The minimum absolute atomic E-state index is 0.0858. The number of hydrogen-bond acceptors (Lipinski definition) is 5. The Kier molecular flexibility index (Phi) is 5.83. The monoisotopic (exact) mass is 483 g/mol. The van der Waals surface area contributed by atoms with Crippen molar-refractivity contribution in [2.45, 2.75) is 30.6 Å². The number of benzene rings is 2. The molecule has 1 N–H and O–H groups in total. The fourth-order valence-corrected chi connectivity index (χ4v) is 5.62. The molecule has 0 unspecified atom stereocenters. The highest BCUT2D eigenvalue weighted by Gasteiger charge is 2.39. The second-order valence-corrected chi connectivity index (χ2v) is 9.80. The number of carbonyl (C=O) groups is 1. The van der Waals surface area contributed by atoms with Gasteiger partial charge in [-0.3, -0.25) is 9.48 Å². The lowest BCUT2D eigenvalue weighted by molar-refractivity contribution is -0.274. The van der Waals surface area contributed by atoms with E-state index in [2.05, 4.69) is 9.84 Å². The number of aromatic nitrogens is 2. The lowest BCUT2D eigenvalue weighted by Crippen LogP contribution is -2.29. The number of rotatable bonds is 6. The number of ether oxygens (including phenoxy) is 1. The van der Waals surface area contributed by atoms with E-state index < -0.39 is 28.1 Å². The van der Waals surface area contributed by atoms with Crippen molar-refractivity contribution >= 4 is 26.9 Å². The van der Waals surface area contributed by atoms with Crippen molar-refractivity contribution in [1.29, 1.82) is 0 Å². The summed E-state index contributed by atoms with van der Waals surface area (Å²) in [4.78, 5) is 11.1. The number of alkyl halides is 3. The van der Waals surface area contributed by atoms with Crippen molar-refractivity contribution in [1.82, 2.24) is 14.1 Å². The van der Waals surface area contributed by atoms with Gasteiger partial charge in [-0.25, -0.2) is 8.42 Å². The number of sulfonamides is 1. The zero-order valence-corrected chi connectivity index (χ0v) is 18.2. The van der Waals surface area contributed by atoms with Gasteiger partial charge in [0.2, 0.25) is 10.0 Å². The standard InChI is InChI=1S/C21H20F3N3O5S/c1-13-11-26(33(30,31)15-8-6-14(7-9-15)32-21(22,23)24)12-19(13)27-18-5-3-2-4-16(18)17(25-27)10-20(28)29/h2-9,13,19H,10-12H2,1H3,(H,28,29)/t13-,19+/m1/s1. The van der Waals surface area contributed by atoms with Crippen molar-refractivity contribution in [2.75, 3.05) is 13.1 Å². The quantitative estimate of drug-likeness (QED) is 0.576. The Labute approximate surface area is 187 Å². The van der Waals surface area contributed by atoms with E-state index in [4.69, 9.17) is 0 Å². The minimum atomic E-state index is -4.87. The minimum Gasteiger partial charge on any atom is -0.481 e. The van der Waals surface area contributed by atoms with E-state index in [0.29, 0.717) is 16.6 Å². The van der Waals surface area contributed by atoms with Gasteiger partial charge in [0.15, 0.2) is 0 Å². The number of halogens is 3. The number of fused-ring (bicyclic) bond motifs is 1. The van der Waals surface area contributed by atoms with Crippen LogP contribution in [0.3, 0.4) is 0 Å². The maximum Gasteiger partial charge on any atom is 0.573 e. The van der Waals surface area contributed by atoms with E-state index in [9.17, 15) is 31.5 Å². The average Bonchev–Trinajstić information content (AvgIpc) is 3.28. The molecule has 1 fully saturated rings. The van der Waals surface area contributed by atoms with E-state index in [1.54, 1.807) is 28.9 Å². The van der Waals surface area contributed by atoms with Crippen LogP contribution >= 0.6 is 0 Å². The molecule has 1 saturated heterocycles. The number of hydrogen-bond donors (Lipinski definition) is 1. The Hall–Kier alpha value is -3.12. The van der Waals surface area contributed by atoms with Gasteiger partial charge in [-0.05, 0) is 36.2 Å². The molecule has 0 spiro atoms. The summed E-state index contributed by atoms with van der Waals surface area (Å²) in [5.41, 5.74) is 1.10. The fourth-order valence-electron chi connectivity index (χ4n) is 4.06. The van der Waals surface area contributed by atoms with E-state index in [1.807, 2.05) is 6.92 Å². The highest BCUT2D eigenvalue weighted by atomic mass is 32.2.